The van der Waals surface area contributed by atoms with Gasteiger partial charge in [0, 0.05) is 27.7 Å². The molecule has 5 atom stereocenters. The van der Waals surface area contributed by atoms with Crippen LogP contribution in [-0.2, 0) is 52.5 Å². The number of carbonyl (C=O) groups is 4. The third kappa shape index (κ3) is 8.53. The van der Waals surface area contributed by atoms with E-state index in [2.05, 4.69) is 5.32 Å². The number of hydrogen-bond donors (Lipinski definition) is 3. The predicted molar refractivity (Wildman–Crippen MR) is 99.8 cm³/mol. The van der Waals surface area contributed by atoms with Crippen LogP contribution in [0.15, 0.2) is 0 Å². The highest BCUT2D eigenvalue weighted by Gasteiger charge is 2.55. The fourth-order valence-corrected chi connectivity index (χ4v) is 6.35. The van der Waals surface area contributed by atoms with Gasteiger partial charge in [0.1, 0.15) is 18.8 Å². The second kappa shape index (κ2) is 10.5. The Morgan fingerprint density at radius 1 is 0.968 bits per heavy atom. The van der Waals surface area contributed by atoms with Gasteiger partial charge >= 0.3 is 25.5 Å². The van der Waals surface area contributed by atoms with Crippen LogP contribution < -0.4 is 5.32 Å². The second-order valence-corrected chi connectivity index (χ2v) is 10.8. The first kappa shape index (κ1) is 27.0. The molecule has 0 radical (unpaired) electrons. The number of carbonyl (C=O) groups excluding carboxylic acids is 4. The van der Waals surface area contributed by atoms with E-state index in [1.807, 2.05) is 0 Å². The number of sulfone groups is 1. The second-order valence-electron chi connectivity index (χ2n) is 6.68. The van der Waals surface area contributed by atoms with Crippen molar-refractivity contribution in [1.82, 2.24) is 5.32 Å². The lowest BCUT2D eigenvalue weighted by molar-refractivity contribution is -0.212. The van der Waals surface area contributed by atoms with Crippen molar-refractivity contribution in [2.75, 3.05) is 12.1 Å². The summed E-state index contributed by atoms with van der Waals surface area (Å²) in [6.45, 7) is 3.35. The molecule has 3 N–H and O–H groups in total. The molecule has 1 aliphatic heterocycles. The molecule has 0 saturated carbocycles. The van der Waals surface area contributed by atoms with Crippen molar-refractivity contribution in [3.05, 3.63) is 0 Å². The first-order chi connectivity index (χ1) is 14.0. The van der Waals surface area contributed by atoms with Crippen LogP contribution in [0.5, 0.6) is 0 Å². The summed E-state index contributed by atoms with van der Waals surface area (Å²) in [6.07, 6.45) is -4.70. The third-order valence-corrected chi connectivity index (χ3v) is 7.67. The molecule has 1 fully saturated rings. The maximum absolute atomic E-state index is 12.7. The Balaban J connectivity index is 3.56. The lowest BCUT2D eigenvalue weighted by atomic mass is 9.97. The minimum absolute atomic E-state index is 0.653. The van der Waals surface area contributed by atoms with E-state index in [9.17, 15) is 32.2 Å². The van der Waals surface area contributed by atoms with Gasteiger partial charge in [-0.1, -0.05) is 0 Å². The summed E-state index contributed by atoms with van der Waals surface area (Å²) in [5.74, 6) is -3.44. The molecule has 0 bridgehead atoms. The summed E-state index contributed by atoms with van der Waals surface area (Å²) >= 11 is 0. The van der Waals surface area contributed by atoms with Crippen LogP contribution in [0.25, 0.3) is 0 Å². The summed E-state index contributed by atoms with van der Waals surface area (Å²) < 4.78 is 57.1. The molecule has 31 heavy (non-hydrogen) atoms. The third-order valence-electron chi connectivity index (χ3n) is 3.77. The van der Waals surface area contributed by atoms with E-state index in [1.54, 1.807) is 0 Å². The van der Waals surface area contributed by atoms with Gasteiger partial charge < -0.3 is 34.1 Å². The van der Waals surface area contributed by atoms with Crippen molar-refractivity contribution in [3.8, 4) is 0 Å². The molecule has 1 aliphatic rings. The largest absolute Gasteiger partial charge is 0.463 e. The Bertz CT molecular complexity index is 866. The molecule has 1 heterocycles. The van der Waals surface area contributed by atoms with Gasteiger partial charge in [-0.05, 0) is 0 Å². The average Bonchev–Trinajstić information content (AvgIpc) is 2.53. The monoisotopic (exact) mass is 489 g/mol. The zero-order valence-corrected chi connectivity index (χ0v) is 18.8. The molecule has 0 aromatic heterocycles. The van der Waals surface area contributed by atoms with Crippen molar-refractivity contribution >= 4 is 41.2 Å². The Kier molecular flexibility index (Phi) is 9.14. The topological polar surface area (TPSA) is 209 Å². The maximum atomic E-state index is 12.7. The number of ether oxygens (including phenoxy) is 4. The molecule has 16 heteroatoms. The quantitative estimate of drug-likeness (QED) is 0.195. The average molecular weight is 489 g/mol. The van der Waals surface area contributed by atoms with Crippen LogP contribution >= 0.6 is 7.60 Å². The Morgan fingerprint density at radius 3 is 1.90 bits per heavy atom. The predicted octanol–water partition coefficient (Wildman–Crippen LogP) is -1.81. The van der Waals surface area contributed by atoms with Gasteiger partial charge in [0.15, 0.2) is 33.0 Å². The summed E-state index contributed by atoms with van der Waals surface area (Å²) in [6, 6.07) is -1.71. The van der Waals surface area contributed by atoms with E-state index < -0.39 is 83.1 Å². The zero-order valence-electron chi connectivity index (χ0n) is 17.0. The van der Waals surface area contributed by atoms with Crippen molar-refractivity contribution in [3.63, 3.8) is 0 Å². The number of esters is 3. The molecule has 0 aliphatic carbocycles. The van der Waals surface area contributed by atoms with Crippen LogP contribution in [0.3, 0.4) is 0 Å². The molecule has 0 aromatic rings. The van der Waals surface area contributed by atoms with Crippen LogP contribution in [0.4, 0.5) is 0 Å². The highest BCUT2D eigenvalue weighted by Crippen LogP contribution is 2.40. The van der Waals surface area contributed by atoms with Gasteiger partial charge in [-0.2, -0.15) is 0 Å². The summed E-state index contributed by atoms with van der Waals surface area (Å²) in [5.41, 5.74) is -3.78. The Hall–Kier alpha value is -2.06. The van der Waals surface area contributed by atoms with Gasteiger partial charge in [-0.3, -0.25) is 23.7 Å². The molecular formula is C15H24NO13PS. The number of rotatable bonds is 8. The number of nitrogens with one attached hydrogen (secondary N) is 1. The van der Waals surface area contributed by atoms with E-state index in [0.29, 0.717) is 0 Å². The van der Waals surface area contributed by atoms with E-state index in [0.717, 1.165) is 27.7 Å². The smallest absolute Gasteiger partial charge is 0.340 e. The minimum Gasteiger partial charge on any atom is -0.463 e. The van der Waals surface area contributed by atoms with Crippen LogP contribution in [0.2, 0.25) is 0 Å². The van der Waals surface area contributed by atoms with Crippen molar-refractivity contribution in [1.29, 1.82) is 0 Å². The minimum atomic E-state index is -5.11. The molecule has 0 spiro atoms. The van der Waals surface area contributed by atoms with E-state index >= 15 is 0 Å². The van der Waals surface area contributed by atoms with Gasteiger partial charge in [0.25, 0.3) is 0 Å². The normalized spacial score (nSPS) is 26.5. The lowest BCUT2D eigenvalue weighted by Gasteiger charge is -2.44. The lowest BCUT2D eigenvalue weighted by Crippen LogP contribution is -2.67. The fraction of sp³-hybridized carbons (Fsp3) is 0.733. The van der Waals surface area contributed by atoms with E-state index in [-0.39, 0.29) is 0 Å². The highest BCUT2D eigenvalue weighted by atomic mass is 32.2. The molecule has 1 saturated heterocycles. The summed E-state index contributed by atoms with van der Waals surface area (Å²) in [7, 11) is -9.91. The van der Waals surface area contributed by atoms with Gasteiger partial charge in [0.2, 0.25) is 5.91 Å². The number of amides is 1. The van der Waals surface area contributed by atoms with Crippen LogP contribution in [0, 0.1) is 0 Å². The van der Waals surface area contributed by atoms with E-state index in [4.69, 9.17) is 28.7 Å². The van der Waals surface area contributed by atoms with Crippen molar-refractivity contribution < 1.29 is 60.9 Å². The maximum Gasteiger partial charge on any atom is 0.340 e. The highest BCUT2D eigenvalue weighted by molar-refractivity contribution is 7.97. The summed E-state index contributed by atoms with van der Waals surface area (Å²) in [4.78, 5) is 64.4. The SMILES string of the molecule is CC(=O)N[C@@H]1[C@@H](OC(C)=O)[C@H](OC(C)=O)[C@@H](COC(C)=O)O[C@H]1S(=O)(=O)CP(=O)(O)O. The Morgan fingerprint density at radius 2 is 1.48 bits per heavy atom. The van der Waals surface area contributed by atoms with Gasteiger partial charge in [-0.25, -0.2) is 8.42 Å². The summed E-state index contributed by atoms with van der Waals surface area (Å²) in [5, 5.41) is 2.20. The standard InChI is InChI=1S/C15H24NO13PS/c1-7(17)16-12-14(28-10(4)20)13(27-9(3)19)11(5-26-8(2)18)29-15(12)31(24,25)6-30(21,22)23/h11-15H,5-6H2,1-4H3,(H,16,17)(H2,21,22,23)/t11-,12-,13-,14-,15+/m1/s1. The van der Waals surface area contributed by atoms with Crippen LogP contribution in [-0.4, -0.2) is 83.9 Å². The fourth-order valence-electron chi connectivity index (χ4n) is 2.91. The van der Waals surface area contributed by atoms with Gasteiger partial charge in [0.05, 0.1) is 0 Å². The number of hydrogen-bond acceptors (Lipinski definition) is 11. The first-order valence-corrected chi connectivity index (χ1v) is 12.2. The van der Waals surface area contributed by atoms with Gasteiger partial charge in [-0.15, -0.1) is 0 Å². The van der Waals surface area contributed by atoms with E-state index in [1.165, 1.54) is 0 Å². The Labute approximate surface area is 177 Å². The van der Waals surface area contributed by atoms with Crippen molar-refractivity contribution in [2.24, 2.45) is 0 Å². The molecule has 178 valence electrons. The van der Waals surface area contributed by atoms with Crippen LogP contribution in [0.1, 0.15) is 27.7 Å². The molecule has 14 nitrogen and oxygen atoms in total. The first-order valence-electron chi connectivity index (χ1n) is 8.70. The molecule has 1 amide bonds. The molecule has 0 aromatic carbocycles. The molecule has 1 rings (SSSR count). The molecule has 0 unspecified atom stereocenters. The van der Waals surface area contributed by atoms with Crippen molar-refractivity contribution in [2.45, 2.75) is 57.5 Å². The molecular weight excluding hydrogens is 465 g/mol. The zero-order chi connectivity index (χ0) is 24.1.